The zero-order chi connectivity index (χ0) is 18.5. The molecule has 0 spiro atoms. The van der Waals surface area contributed by atoms with Crippen molar-refractivity contribution in [2.24, 2.45) is 0 Å². The van der Waals surface area contributed by atoms with Crippen LogP contribution >= 0.6 is 22.9 Å². The van der Waals surface area contributed by atoms with Gasteiger partial charge in [-0.1, -0.05) is 17.7 Å². The maximum Gasteiger partial charge on any atom is 0.268 e. The Labute approximate surface area is 166 Å². The predicted octanol–water partition coefficient (Wildman–Crippen LogP) is 3.69. The molecule has 0 aliphatic carbocycles. The van der Waals surface area contributed by atoms with Crippen molar-refractivity contribution in [3.8, 4) is 5.69 Å². The van der Waals surface area contributed by atoms with Gasteiger partial charge < -0.3 is 9.80 Å². The average molecular weight is 401 g/mol. The molecule has 5 rings (SSSR count). The zero-order valence-corrected chi connectivity index (χ0v) is 16.8. The van der Waals surface area contributed by atoms with E-state index in [0.717, 1.165) is 67.3 Å². The molecular formula is C20H21ClN4OS. The van der Waals surface area contributed by atoms with Gasteiger partial charge in [0, 0.05) is 36.1 Å². The second kappa shape index (κ2) is 6.62. The Kier molecular flexibility index (Phi) is 4.22. The molecule has 0 bridgehead atoms. The smallest absolute Gasteiger partial charge is 0.268 e. The summed E-state index contributed by atoms with van der Waals surface area (Å²) in [5.41, 5.74) is 2.01. The van der Waals surface area contributed by atoms with Gasteiger partial charge in [0.2, 0.25) is 5.95 Å². The van der Waals surface area contributed by atoms with Crippen LogP contribution in [0, 0.1) is 0 Å². The summed E-state index contributed by atoms with van der Waals surface area (Å²) in [6, 6.07) is 7.51. The van der Waals surface area contributed by atoms with E-state index < -0.39 is 0 Å². The van der Waals surface area contributed by atoms with Gasteiger partial charge in [-0.2, -0.15) is 0 Å². The van der Waals surface area contributed by atoms with Gasteiger partial charge in [0.1, 0.15) is 4.83 Å². The molecule has 0 atom stereocenters. The molecule has 0 unspecified atom stereocenters. The first-order valence-corrected chi connectivity index (χ1v) is 10.6. The Hall–Kier alpha value is -1.89. The van der Waals surface area contributed by atoms with Gasteiger partial charge in [-0.25, -0.2) is 9.55 Å². The van der Waals surface area contributed by atoms with E-state index in [1.54, 1.807) is 15.9 Å². The van der Waals surface area contributed by atoms with Crippen LogP contribution in [0.3, 0.4) is 0 Å². The van der Waals surface area contributed by atoms with Crippen molar-refractivity contribution in [3.05, 3.63) is 50.1 Å². The number of halogens is 1. The van der Waals surface area contributed by atoms with Gasteiger partial charge in [-0.05, 0) is 50.1 Å². The minimum atomic E-state index is 0.0335. The van der Waals surface area contributed by atoms with Crippen LogP contribution in [0.15, 0.2) is 29.1 Å². The van der Waals surface area contributed by atoms with Crippen LogP contribution in [0.1, 0.15) is 23.3 Å². The van der Waals surface area contributed by atoms with E-state index in [1.807, 2.05) is 24.3 Å². The molecule has 4 heterocycles. The minimum Gasteiger partial charge on any atom is -0.342 e. The highest BCUT2D eigenvalue weighted by molar-refractivity contribution is 7.18. The van der Waals surface area contributed by atoms with Crippen LogP contribution in [0.2, 0.25) is 5.02 Å². The molecule has 2 aromatic heterocycles. The first kappa shape index (κ1) is 17.2. The summed E-state index contributed by atoms with van der Waals surface area (Å²) in [5, 5.41) is 1.42. The molecule has 2 aliphatic rings. The van der Waals surface area contributed by atoms with Crippen molar-refractivity contribution in [2.45, 2.75) is 25.8 Å². The normalized spacial score (nSPS) is 17.6. The lowest BCUT2D eigenvalue weighted by Gasteiger charge is -2.23. The lowest BCUT2D eigenvalue weighted by atomic mass is 10.1. The first-order chi connectivity index (χ1) is 13.1. The molecule has 2 aliphatic heterocycles. The van der Waals surface area contributed by atoms with Crippen molar-refractivity contribution >= 4 is 39.1 Å². The van der Waals surface area contributed by atoms with Gasteiger partial charge in [-0.15, -0.1) is 11.3 Å². The number of anilines is 1. The van der Waals surface area contributed by atoms with Gasteiger partial charge in [0.15, 0.2) is 0 Å². The number of nitrogens with zero attached hydrogens (tertiary/aromatic N) is 4. The third-order valence-corrected chi connectivity index (χ3v) is 6.85. The van der Waals surface area contributed by atoms with Crippen LogP contribution in [-0.2, 0) is 13.0 Å². The molecule has 5 nitrogen and oxygen atoms in total. The molecule has 1 saturated heterocycles. The maximum atomic E-state index is 13.7. The van der Waals surface area contributed by atoms with E-state index in [9.17, 15) is 4.79 Å². The topological polar surface area (TPSA) is 41.4 Å². The summed E-state index contributed by atoms with van der Waals surface area (Å²) < 4.78 is 1.77. The zero-order valence-electron chi connectivity index (χ0n) is 15.2. The number of likely N-dealkylation sites (N-methyl/N-ethyl adjacent to an activating group) is 1. The number of rotatable bonds is 2. The maximum absolute atomic E-state index is 13.7. The second-order valence-electron chi connectivity index (χ2n) is 7.40. The highest BCUT2D eigenvalue weighted by Gasteiger charge is 2.26. The average Bonchev–Trinajstić information content (AvgIpc) is 3.28. The van der Waals surface area contributed by atoms with E-state index >= 15 is 0 Å². The Bertz CT molecular complexity index is 1080. The molecule has 0 saturated carbocycles. The summed E-state index contributed by atoms with van der Waals surface area (Å²) in [6.45, 7) is 3.74. The summed E-state index contributed by atoms with van der Waals surface area (Å²) in [6.07, 6.45) is 3.17. The molecule has 1 aromatic carbocycles. The predicted molar refractivity (Wildman–Crippen MR) is 112 cm³/mol. The van der Waals surface area contributed by atoms with Crippen molar-refractivity contribution in [2.75, 3.05) is 31.6 Å². The van der Waals surface area contributed by atoms with Crippen molar-refractivity contribution in [1.82, 2.24) is 14.5 Å². The summed E-state index contributed by atoms with van der Waals surface area (Å²) in [5.74, 6) is 0.749. The number of hydrogen-bond acceptors (Lipinski definition) is 5. The summed E-state index contributed by atoms with van der Waals surface area (Å²) in [7, 11) is 2.13. The molecule has 0 N–H and O–H groups in total. The molecule has 1 fully saturated rings. The Morgan fingerprint density at radius 1 is 1.19 bits per heavy atom. The third kappa shape index (κ3) is 2.87. The van der Waals surface area contributed by atoms with Gasteiger partial charge in [0.05, 0.1) is 11.1 Å². The Balaban J connectivity index is 1.81. The number of thiophene rings is 1. The van der Waals surface area contributed by atoms with Crippen molar-refractivity contribution in [3.63, 3.8) is 0 Å². The third-order valence-electron chi connectivity index (χ3n) is 5.50. The molecule has 27 heavy (non-hydrogen) atoms. The van der Waals surface area contributed by atoms with E-state index in [1.165, 1.54) is 10.4 Å². The fourth-order valence-electron chi connectivity index (χ4n) is 4.14. The fourth-order valence-corrected chi connectivity index (χ4v) is 5.61. The van der Waals surface area contributed by atoms with Crippen molar-refractivity contribution in [1.29, 1.82) is 0 Å². The van der Waals surface area contributed by atoms with Crippen LogP contribution in [0.4, 0.5) is 5.95 Å². The lowest BCUT2D eigenvalue weighted by molar-refractivity contribution is 0.318. The first-order valence-electron chi connectivity index (χ1n) is 9.38. The number of hydrogen-bond donors (Lipinski definition) is 0. The summed E-state index contributed by atoms with van der Waals surface area (Å²) >= 11 is 7.91. The fraction of sp³-hybridized carbons (Fsp3) is 0.400. The van der Waals surface area contributed by atoms with E-state index in [2.05, 4.69) is 16.8 Å². The highest BCUT2D eigenvalue weighted by Crippen LogP contribution is 2.34. The van der Waals surface area contributed by atoms with Crippen LogP contribution in [0.25, 0.3) is 15.9 Å². The SMILES string of the molecule is CN1CCc2c(sc3nc(N4CCCC4)n(-c4cccc(Cl)c4)c(=O)c23)C1. The largest absolute Gasteiger partial charge is 0.342 e. The Morgan fingerprint density at radius 3 is 2.78 bits per heavy atom. The number of fused-ring (bicyclic) bond motifs is 3. The molecular weight excluding hydrogens is 380 g/mol. The number of benzene rings is 1. The van der Waals surface area contributed by atoms with Gasteiger partial charge >= 0.3 is 0 Å². The molecule has 0 radical (unpaired) electrons. The summed E-state index contributed by atoms with van der Waals surface area (Å²) in [4.78, 5) is 25.4. The lowest BCUT2D eigenvalue weighted by Crippen LogP contribution is -2.31. The molecule has 140 valence electrons. The standard InChI is InChI=1S/C20H21ClN4OS/c1-23-10-7-15-16(12-23)27-18-17(15)19(26)25(14-6-4-5-13(21)11-14)20(22-18)24-8-2-3-9-24/h4-6,11H,2-3,7-10,12H2,1H3. The second-order valence-corrected chi connectivity index (χ2v) is 8.92. The quantitative estimate of drug-likeness (QED) is 0.657. The highest BCUT2D eigenvalue weighted by atomic mass is 35.5. The molecule has 0 amide bonds. The van der Waals surface area contributed by atoms with Gasteiger partial charge in [0.25, 0.3) is 5.56 Å². The molecule has 7 heteroatoms. The van der Waals surface area contributed by atoms with Crippen LogP contribution in [0.5, 0.6) is 0 Å². The van der Waals surface area contributed by atoms with E-state index in [4.69, 9.17) is 16.6 Å². The van der Waals surface area contributed by atoms with E-state index in [-0.39, 0.29) is 5.56 Å². The van der Waals surface area contributed by atoms with E-state index in [0.29, 0.717) is 5.02 Å². The van der Waals surface area contributed by atoms with Crippen molar-refractivity contribution < 1.29 is 0 Å². The van der Waals surface area contributed by atoms with Gasteiger partial charge in [-0.3, -0.25) is 4.79 Å². The van der Waals surface area contributed by atoms with Crippen LogP contribution < -0.4 is 10.5 Å². The molecule has 3 aromatic rings. The van der Waals surface area contributed by atoms with Crippen LogP contribution in [-0.4, -0.2) is 41.1 Å². The number of aromatic nitrogens is 2. The Morgan fingerprint density at radius 2 is 2.00 bits per heavy atom. The minimum absolute atomic E-state index is 0.0335. The monoisotopic (exact) mass is 400 g/mol.